The van der Waals surface area contributed by atoms with Crippen molar-refractivity contribution in [1.29, 1.82) is 0 Å². The van der Waals surface area contributed by atoms with Crippen molar-refractivity contribution >= 4 is 65.1 Å². The Balaban J connectivity index is 1.68. The Morgan fingerprint density at radius 1 is 0.793 bits per heavy atom. The van der Waals surface area contributed by atoms with Crippen LogP contribution < -0.4 is 53.7 Å². The fourth-order valence-electron chi connectivity index (χ4n) is 6.59. The van der Waals surface area contributed by atoms with Crippen LogP contribution in [0, 0.1) is 17.8 Å². The minimum absolute atomic E-state index is 0.0462. The first-order valence-corrected chi connectivity index (χ1v) is 21.1. The van der Waals surface area contributed by atoms with Crippen molar-refractivity contribution in [2.75, 3.05) is 25.4 Å². The number of nitrogens with one attached hydrogen (secondary N) is 9. The molecule has 0 saturated carbocycles. The van der Waals surface area contributed by atoms with Crippen molar-refractivity contribution in [3.05, 3.63) is 0 Å². The minimum atomic E-state index is -1.08. The second kappa shape index (κ2) is 25.6. The second-order valence-electron chi connectivity index (χ2n) is 15.4. The third-order valence-electron chi connectivity index (χ3n) is 10.2. The molecule has 21 heteroatoms. The van der Waals surface area contributed by atoms with E-state index in [4.69, 9.17) is 10.9 Å². The van der Waals surface area contributed by atoms with E-state index in [2.05, 4.69) is 42.5 Å². The maximum atomic E-state index is 13.0. The van der Waals surface area contributed by atoms with Crippen LogP contribution in [0.4, 0.5) is 4.79 Å². The number of primary amides is 1. The van der Waals surface area contributed by atoms with Crippen LogP contribution in [-0.2, 0) is 38.4 Å². The van der Waals surface area contributed by atoms with E-state index in [1.54, 1.807) is 6.92 Å². The molecule has 0 aromatic heterocycles. The van der Waals surface area contributed by atoms with Crippen LogP contribution in [0.25, 0.3) is 0 Å². The van der Waals surface area contributed by atoms with Crippen molar-refractivity contribution in [2.24, 2.45) is 23.5 Å². The SMILES string of the molecule is CCC(C)C(CC(=O)NO)C(=O)N[C@@H](C)C(=O)N[C@@H](CC(C)C)C(=O)NCC(=O)NCC(=O)N[C@@H](CCCCNC(=O)CCCC[C@@H]1SC[C@@H]2NC(=O)N[C@@H]21)C(N)=O. The van der Waals surface area contributed by atoms with Gasteiger partial charge in [-0.1, -0.05) is 40.5 Å². The van der Waals surface area contributed by atoms with Gasteiger partial charge in [0.2, 0.25) is 47.3 Å². The second-order valence-corrected chi connectivity index (χ2v) is 16.7. The molecule has 2 fully saturated rings. The Labute approximate surface area is 343 Å². The number of carbonyl (C=O) groups excluding carboxylic acids is 9. The minimum Gasteiger partial charge on any atom is -0.368 e. The number of rotatable bonds is 27. The number of amides is 10. The Morgan fingerprint density at radius 2 is 1.50 bits per heavy atom. The number of carbonyl (C=O) groups is 9. The van der Waals surface area contributed by atoms with E-state index in [1.165, 1.54) is 12.4 Å². The third-order valence-corrected chi connectivity index (χ3v) is 11.7. The molecule has 0 aromatic carbocycles. The maximum Gasteiger partial charge on any atom is 0.315 e. The first kappa shape index (κ1) is 49.5. The Kier molecular flexibility index (Phi) is 21.9. The molecule has 2 saturated heterocycles. The highest BCUT2D eigenvalue weighted by atomic mass is 32.2. The Bertz CT molecular complexity index is 1450. The molecule has 2 unspecified atom stereocenters. The van der Waals surface area contributed by atoms with Crippen LogP contribution >= 0.6 is 11.8 Å². The monoisotopic (exact) mass is 840 g/mol. The van der Waals surface area contributed by atoms with Crippen molar-refractivity contribution in [2.45, 2.75) is 134 Å². The standard InChI is InChI=1S/C37H64N10O10S/c1-6-21(4)23(16-29(49)47-57)35(54)42-22(5)34(53)44-25(15-20(2)3)36(55)41-17-30(50)40-18-31(51)43-24(33(38)52)11-9-10-14-39-28(48)13-8-7-12-27-32-26(19-58-27)45-37(56)46-32/h20-27,32,57H,6-19H2,1-5H3,(H2,38,52)(H,39,48)(H,40,50)(H,41,55)(H,42,54)(H,43,51)(H,44,53)(H,47,49)(H2,45,46,56)/t21?,22-,23?,24-,25-,26-,27-,32-/m0/s1. The molecule has 328 valence electrons. The van der Waals surface area contributed by atoms with Gasteiger partial charge in [0, 0.05) is 36.3 Å². The van der Waals surface area contributed by atoms with Gasteiger partial charge in [0.1, 0.15) is 18.1 Å². The van der Waals surface area contributed by atoms with E-state index < -0.39 is 78.5 Å². The molecule has 2 aliphatic heterocycles. The van der Waals surface area contributed by atoms with Crippen molar-refractivity contribution in [3.8, 4) is 0 Å². The highest BCUT2D eigenvalue weighted by Gasteiger charge is 2.42. The Morgan fingerprint density at radius 3 is 2.16 bits per heavy atom. The lowest BCUT2D eigenvalue weighted by Gasteiger charge is -2.25. The van der Waals surface area contributed by atoms with E-state index >= 15 is 0 Å². The first-order chi connectivity index (χ1) is 27.4. The van der Waals surface area contributed by atoms with Gasteiger partial charge in [0.25, 0.3) is 0 Å². The molecule has 0 bridgehead atoms. The summed E-state index contributed by atoms with van der Waals surface area (Å²) in [5.74, 6) is -5.06. The number of hydrogen-bond acceptors (Lipinski definition) is 11. The quantitative estimate of drug-likeness (QED) is 0.0202. The van der Waals surface area contributed by atoms with Gasteiger partial charge in [-0.2, -0.15) is 11.8 Å². The van der Waals surface area contributed by atoms with Crippen LogP contribution in [0.15, 0.2) is 0 Å². The molecule has 10 amide bonds. The summed E-state index contributed by atoms with van der Waals surface area (Å²) in [6.45, 7) is 8.06. The summed E-state index contributed by atoms with van der Waals surface area (Å²) < 4.78 is 0. The third kappa shape index (κ3) is 17.9. The summed E-state index contributed by atoms with van der Waals surface area (Å²) in [6, 6.07) is -2.94. The number of hydrogen-bond donors (Lipinski definition) is 11. The number of nitrogens with two attached hydrogens (primary N) is 1. The van der Waals surface area contributed by atoms with E-state index in [-0.39, 0.29) is 55.1 Å². The fraction of sp³-hybridized carbons (Fsp3) is 0.757. The number of fused-ring (bicyclic) bond motifs is 1. The van der Waals surface area contributed by atoms with Gasteiger partial charge < -0.3 is 48.3 Å². The summed E-state index contributed by atoms with van der Waals surface area (Å²) in [5, 5.41) is 30.4. The van der Waals surface area contributed by atoms with Gasteiger partial charge >= 0.3 is 6.03 Å². The van der Waals surface area contributed by atoms with Crippen molar-refractivity contribution in [3.63, 3.8) is 0 Å². The van der Waals surface area contributed by atoms with Crippen LogP contribution in [0.3, 0.4) is 0 Å². The van der Waals surface area contributed by atoms with E-state index in [0.717, 1.165) is 25.0 Å². The molecule has 0 aliphatic carbocycles. The average molecular weight is 841 g/mol. The average Bonchev–Trinajstić information content (AvgIpc) is 3.73. The lowest BCUT2D eigenvalue weighted by molar-refractivity contribution is -0.137. The Hall–Kier alpha value is -4.66. The highest BCUT2D eigenvalue weighted by Crippen LogP contribution is 2.33. The largest absolute Gasteiger partial charge is 0.368 e. The zero-order valence-electron chi connectivity index (χ0n) is 34.2. The van der Waals surface area contributed by atoms with Crippen LogP contribution in [-0.4, -0.2) is 119 Å². The summed E-state index contributed by atoms with van der Waals surface area (Å²) in [5.41, 5.74) is 6.98. The lowest BCUT2D eigenvalue weighted by atomic mass is 9.87. The summed E-state index contributed by atoms with van der Waals surface area (Å²) in [7, 11) is 0. The maximum absolute atomic E-state index is 13.0. The normalized spacial score (nSPS) is 19.5. The van der Waals surface area contributed by atoms with Crippen molar-refractivity contribution in [1.82, 2.24) is 48.0 Å². The molecule has 0 aromatic rings. The molecule has 2 aliphatic rings. The molecule has 2 rings (SSSR count). The van der Waals surface area contributed by atoms with Crippen LogP contribution in [0.1, 0.15) is 98.8 Å². The van der Waals surface area contributed by atoms with Gasteiger partial charge in [-0.05, 0) is 57.3 Å². The summed E-state index contributed by atoms with van der Waals surface area (Å²) in [6.07, 6.45) is 4.65. The molecule has 2 heterocycles. The van der Waals surface area contributed by atoms with Gasteiger partial charge in [0.05, 0.1) is 25.2 Å². The van der Waals surface area contributed by atoms with Crippen molar-refractivity contribution < 1.29 is 48.4 Å². The molecular weight excluding hydrogens is 777 g/mol. The smallest absolute Gasteiger partial charge is 0.315 e. The lowest BCUT2D eigenvalue weighted by Crippen LogP contribution is -2.55. The number of thioether (sulfide) groups is 1. The zero-order valence-corrected chi connectivity index (χ0v) is 35.0. The van der Waals surface area contributed by atoms with E-state index in [9.17, 15) is 43.2 Å². The number of hydroxylamine groups is 1. The summed E-state index contributed by atoms with van der Waals surface area (Å²) in [4.78, 5) is 111. The topological polar surface area (TPSA) is 308 Å². The number of urea groups is 1. The predicted molar refractivity (Wildman–Crippen MR) is 214 cm³/mol. The molecule has 58 heavy (non-hydrogen) atoms. The van der Waals surface area contributed by atoms with Crippen LogP contribution in [0.5, 0.6) is 0 Å². The van der Waals surface area contributed by atoms with Gasteiger partial charge in [-0.15, -0.1) is 0 Å². The van der Waals surface area contributed by atoms with E-state index in [0.29, 0.717) is 37.5 Å². The molecule has 0 spiro atoms. The molecule has 20 nitrogen and oxygen atoms in total. The number of unbranched alkanes of at least 4 members (excludes halogenated alkanes) is 2. The van der Waals surface area contributed by atoms with Gasteiger partial charge in [-0.3, -0.25) is 43.6 Å². The molecule has 12 N–H and O–H groups in total. The van der Waals surface area contributed by atoms with Gasteiger partial charge in [-0.25, -0.2) is 10.3 Å². The molecular formula is C37H64N10O10S. The fourth-order valence-corrected chi connectivity index (χ4v) is 8.14. The van der Waals surface area contributed by atoms with E-state index in [1.807, 2.05) is 32.5 Å². The molecule has 8 atom stereocenters. The summed E-state index contributed by atoms with van der Waals surface area (Å²) >= 11 is 1.84. The van der Waals surface area contributed by atoms with Crippen LogP contribution in [0.2, 0.25) is 0 Å². The predicted octanol–water partition coefficient (Wildman–Crippen LogP) is -1.21. The first-order valence-electron chi connectivity index (χ1n) is 20.1. The highest BCUT2D eigenvalue weighted by molar-refractivity contribution is 8.00. The van der Waals surface area contributed by atoms with Gasteiger partial charge in [0.15, 0.2) is 0 Å². The molecule has 0 radical (unpaired) electrons. The zero-order chi connectivity index (χ0) is 43.4.